The molecule has 210 valence electrons. The number of ether oxygens (including phenoxy) is 2. The van der Waals surface area contributed by atoms with E-state index in [0.29, 0.717) is 18.7 Å². The molecule has 2 saturated heterocycles. The Morgan fingerprint density at radius 2 is 1.73 bits per heavy atom. The highest BCUT2D eigenvalue weighted by Gasteiger charge is 2.76. The second kappa shape index (κ2) is 10.4. The predicted octanol–water partition coefficient (Wildman–Crippen LogP) is 3.87. The molecule has 8 nitrogen and oxygen atoms in total. The lowest BCUT2D eigenvalue weighted by molar-refractivity contribution is -0.144. The monoisotopic (exact) mass is 543 g/mol. The summed E-state index contributed by atoms with van der Waals surface area (Å²) >= 11 is 0. The molecule has 1 aliphatic carbocycles. The lowest BCUT2D eigenvalue weighted by atomic mass is 9.70. The zero-order chi connectivity index (χ0) is 27.9. The van der Waals surface area contributed by atoms with E-state index in [1.165, 1.54) is 6.42 Å². The summed E-state index contributed by atoms with van der Waals surface area (Å²) in [4.78, 5) is 43.7. The van der Waals surface area contributed by atoms with Gasteiger partial charge in [-0.1, -0.05) is 61.7 Å². The van der Waals surface area contributed by atoms with E-state index in [1.54, 1.807) is 12.0 Å². The molecule has 8 heteroatoms. The van der Waals surface area contributed by atoms with Crippen LogP contribution in [-0.4, -0.2) is 59.6 Å². The Labute approximate surface area is 235 Å². The molecule has 6 rings (SSSR count). The van der Waals surface area contributed by atoms with Crippen LogP contribution in [0.1, 0.15) is 44.6 Å². The van der Waals surface area contributed by atoms with Gasteiger partial charge in [0.1, 0.15) is 17.4 Å². The van der Waals surface area contributed by atoms with Crippen LogP contribution < -0.4 is 15.4 Å². The molecule has 3 heterocycles. The highest BCUT2D eigenvalue weighted by atomic mass is 16.5. The molecule has 3 amide bonds. The molecule has 0 radical (unpaired) electrons. The summed E-state index contributed by atoms with van der Waals surface area (Å²) in [6, 6.07) is 16.2. The number of methoxy groups -OCH3 is 1. The maximum absolute atomic E-state index is 14.2. The molecule has 0 aromatic heterocycles. The van der Waals surface area contributed by atoms with Crippen molar-refractivity contribution in [1.82, 2.24) is 10.2 Å². The SMILES string of the molecule is COc1ccc(CCN2C(=O)[C@@H]3[C@H](C(=O)Nc4ccccc4)[C@@]4(C)C=C[C@]3(O4)[C@H]2C(=O)NC2CCCCC2)cc1. The molecule has 2 aromatic carbocycles. The number of amides is 3. The summed E-state index contributed by atoms with van der Waals surface area (Å²) in [7, 11) is 1.62. The molecule has 2 bridgehead atoms. The van der Waals surface area contributed by atoms with Crippen LogP contribution in [0.3, 0.4) is 0 Å². The molecule has 2 aromatic rings. The van der Waals surface area contributed by atoms with E-state index in [9.17, 15) is 14.4 Å². The Balaban J connectivity index is 1.31. The van der Waals surface area contributed by atoms with Gasteiger partial charge in [-0.2, -0.15) is 0 Å². The molecule has 1 spiro atoms. The normalized spacial score (nSPS) is 30.8. The van der Waals surface area contributed by atoms with E-state index in [2.05, 4.69) is 10.6 Å². The van der Waals surface area contributed by atoms with Crippen LogP contribution in [0.15, 0.2) is 66.7 Å². The number of hydrogen-bond acceptors (Lipinski definition) is 5. The maximum atomic E-state index is 14.2. The molecule has 3 aliphatic heterocycles. The van der Waals surface area contributed by atoms with Gasteiger partial charge >= 0.3 is 0 Å². The Kier molecular flexibility index (Phi) is 6.90. The van der Waals surface area contributed by atoms with Crippen molar-refractivity contribution in [2.24, 2.45) is 11.8 Å². The second-order valence-corrected chi connectivity index (χ2v) is 11.7. The number of likely N-dealkylation sites (tertiary alicyclic amines) is 1. The minimum atomic E-state index is -1.19. The smallest absolute Gasteiger partial charge is 0.246 e. The first-order valence-electron chi connectivity index (χ1n) is 14.3. The molecule has 1 saturated carbocycles. The van der Waals surface area contributed by atoms with Crippen LogP contribution in [0.25, 0.3) is 0 Å². The number of nitrogens with zero attached hydrogens (tertiary/aromatic N) is 1. The van der Waals surface area contributed by atoms with E-state index < -0.39 is 29.1 Å². The Morgan fingerprint density at radius 3 is 2.42 bits per heavy atom. The van der Waals surface area contributed by atoms with Gasteiger partial charge in [-0.15, -0.1) is 0 Å². The van der Waals surface area contributed by atoms with Gasteiger partial charge in [-0.3, -0.25) is 14.4 Å². The van der Waals surface area contributed by atoms with Crippen LogP contribution in [0.5, 0.6) is 5.75 Å². The van der Waals surface area contributed by atoms with Crippen molar-refractivity contribution in [3.63, 3.8) is 0 Å². The number of rotatable bonds is 8. The third kappa shape index (κ3) is 4.48. The van der Waals surface area contributed by atoms with Crippen molar-refractivity contribution in [2.45, 2.75) is 68.7 Å². The first-order valence-corrected chi connectivity index (χ1v) is 14.3. The van der Waals surface area contributed by atoms with Crippen LogP contribution in [0.4, 0.5) is 5.69 Å². The van der Waals surface area contributed by atoms with Crippen molar-refractivity contribution in [3.8, 4) is 5.75 Å². The molecule has 3 fully saturated rings. The minimum absolute atomic E-state index is 0.0885. The molecular formula is C32H37N3O5. The summed E-state index contributed by atoms with van der Waals surface area (Å²) in [5.41, 5.74) is -0.487. The fraction of sp³-hybridized carbons (Fsp3) is 0.469. The second-order valence-electron chi connectivity index (χ2n) is 11.7. The molecule has 4 aliphatic rings. The Morgan fingerprint density at radius 1 is 1.00 bits per heavy atom. The zero-order valence-corrected chi connectivity index (χ0v) is 23.1. The van der Waals surface area contributed by atoms with Crippen LogP contribution in [0.2, 0.25) is 0 Å². The number of para-hydroxylation sites is 1. The van der Waals surface area contributed by atoms with E-state index in [4.69, 9.17) is 9.47 Å². The van der Waals surface area contributed by atoms with Gasteiger partial charge in [0.25, 0.3) is 0 Å². The zero-order valence-electron chi connectivity index (χ0n) is 23.1. The predicted molar refractivity (Wildman–Crippen MR) is 151 cm³/mol. The van der Waals surface area contributed by atoms with Gasteiger partial charge < -0.3 is 25.0 Å². The Bertz CT molecular complexity index is 1310. The van der Waals surface area contributed by atoms with Gasteiger partial charge in [0.15, 0.2) is 0 Å². The van der Waals surface area contributed by atoms with Crippen molar-refractivity contribution in [3.05, 3.63) is 72.3 Å². The minimum Gasteiger partial charge on any atom is -0.497 e. The van der Waals surface area contributed by atoms with Crippen molar-refractivity contribution >= 4 is 23.4 Å². The first-order chi connectivity index (χ1) is 19.3. The van der Waals surface area contributed by atoms with Gasteiger partial charge in [-0.25, -0.2) is 0 Å². The number of benzene rings is 2. The summed E-state index contributed by atoms with van der Waals surface area (Å²) in [5.74, 6) is -1.48. The van der Waals surface area contributed by atoms with Crippen LogP contribution in [0, 0.1) is 11.8 Å². The van der Waals surface area contributed by atoms with Gasteiger partial charge in [0.2, 0.25) is 17.7 Å². The number of nitrogens with one attached hydrogen (secondary N) is 2. The number of anilines is 1. The summed E-state index contributed by atoms with van der Waals surface area (Å²) in [5, 5.41) is 6.23. The van der Waals surface area contributed by atoms with Gasteiger partial charge in [-0.05, 0) is 56.0 Å². The average Bonchev–Trinajstić information content (AvgIpc) is 3.53. The largest absolute Gasteiger partial charge is 0.497 e. The number of hydrogen-bond donors (Lipinski definition) is 2. The quantitative estimate of drug-likeness (QED) is 0.493. The fourth-order valence-corrected chi connectivity index (χ4v) is 7.18. The first kappa shape index (κ1) is 26.6. The Hall–Kier alpha value is -3.65. The number of carbonyl (C=O) groups excluding carboxylic acids is 3. The van der Waals surface area contributed by atoms with Gasteiger partial charge in [0, 0.05) is 18.3 Å². The van der Waals surface area contributed by atoms with Crippen molar-refractivity contribution < 1.29 is 23.9 Å². The van der Waals surface area contributed by atoms with E-state index in [0.717, 1.165) is 37.0 Å². The average molecular weight is 544 g/mol. The molecule has 0 unspecified atom stereocenters. The number of carbonyl (C=O) groups is 3. The molecule has 5 atom stereocenters. The van der Waals surface area contributed by atoms with Crippen molar-refractivity contribution in [2.75, 3.05) is 19.0 Å². The fourth-order valence-electron chi connectivity index (χ4n) is 7.18. The van der Waals surface area contributed by atoms with E-state index >= 15 is 0 Å². The highest BCUT2D eigenvalue weighted by molar-refractivity contribution is 6.03. The van der Waals surface area contributed by atoms with Crippen LogP contribution >= 0.6 is 0 Å². The van der Waals surface area contributed by atoms with Gasteiger partial charge in [0.05, 0.1) is 24.5 Å². The van der Waals surface area contributed by atoms with Crippen LogP contribution in [-0.2, 0) is 25.5 Å². The topological polar surface area (TPSA) is 97.0 Å². The lowest BCUT2D eigenvalue weighted by Crippen LogP contribution is -2.57. The number of fused-ring (bicyclic) bond motifs is 1. The van der Waals surface area contributed by atoms with E-state index in [1.807, 2.05) is 73.7 Å². The molecule has 40 heavy (non-hydrogen) atoms. The van der Waals surface area contributed by atoms with E-state index in [-0.39, 0.29) is 23.8 Å². The third-order valence-corrected chi connectivity index (χ3v) is 9.12. The maximum Gasteiger partial charge on any atom is 0.246 e. The summed E-state index contributed by atoms with van der Waals surface area (Å²) in [6.07, 6.45) is 9.53. The molecule has 2 N–H and O–H groups in total. The highest BCUT2D eigenvalue weighted by Crippen LogP contribution is 2.59. The lowest BCUT2D eigenvalue weighted by Gasteiger charge is -2.34. The molecular weight excluding hydrogens is 506 g/mol. The third-order valence-electron chi connectivity index (χ3n) is 9.12. The standard InChI is InChI=1S/C32H37N3O5/c1-31-18-19-32(40-31)26(25(31)28(36)33-22-9-5-3-6-10-22)30(38)35(20-17-21-13-15-24(39-2)16-14-21)27(32)29(37)34-23-11-7-4-8-12-23/h3,5-6,9-10,13-16,18-19,23,25-27H,4,7-8,11-12,17,20H2,1-2H3,(H,33,36)(H,34,37)/t25-,26+,27-,31-,32-/m1/s1. The van der Waals surface area contributed by atoms with Crippen molar-refractivity contribution in [1.29, 1.82) is 0 Å². The summed E-state index contributed by atoms with van der Waals surface area (Å²) < 4.78 is 11.9. The summed E-state index contributed by atoms with van der Waals surface area (Å²) in [6.45, 7) is 2.18.